The minimum Gasteiger partial charge on any atom is -0.477 e. The van der Waals surface area contributed by atoms with Crippen molar-refractivity contribution in [2.45, 2.75) is 64.2 Å². The average Bonchev–Trinajstić information content (AvgIpc) is 2.96. The van der Waals surface area contributed by atoms with Crippen LogP contribution in [0.25, 0.3) is 0 Å². The first-order valence-electron chi connectivity index (χ1n) is 8.37. The van der Waals surface area contributed by atoms with Crippen molar-refractivity contribution in [3.63, 3.8) is 0 Å². The van der Waals surface area contributed by atoms with Gasteiger partial charge in [0.15, 0.2) is 0 Å². The van der Waals surface area contributed by atoms with Crippen LogP contribution in [0.2, 0.25) is 0 Å². The topological polar surface area (TPSA) is 59.4 Å². The molecule has 0 radical (unpaired) electrons. The van der Waals surface area contributed by atoms with Crippen molar-refractivity contribution in [3.05, 3.63) is 15.6 Å². The SMILES string of the molecule is CCCCC1CCC(c2nc(CCOC)sc2C(=O)O)CC1. The Kier molecular flexibility index (Phi) is 6.83. The highest BCUT2D eigenvalue weighted by Crippen LogP contribution is 2.39. The minimum atomic E-state index is -0.829. The quantitative estimate of drug-likeness (QED) is 0.765. The summed E-state index contributed by atoms with van der Waals surface area (Å²) in [6, 6.07) is 0. The molecule has 1 heterocycles. The van der Waals surface area contributed by atoms with Crippen LogP contribution in [0.4, 0.5) is 0 Å². The molecule has 124 valence electrons. The maximum Gasteiger partial charge on any atom is 0.347 e. The summed E-state index contributed by atoms with van der Waals surface area (Å²) >= 11 is 1.33. The molecule has 4 nitrogen and oxygen atoms in total. The lowest BCUT2D eigenvalue weighted by Crippen LogP contribution is -2.15. The number of rotatable bonds is 8. The molecule has 0 atom stereocenters. The summed E-state index contributed by atoms with van der Waals surface area (Å²) in [6.45, 7) is 2.83. The molecule has 0 aromatic carbocycles. The molecular formula is C17H27NO3S. The summed E-state index contributed by atoms with van der Waals surface area (Å²) in [5.74, 6) is 0.330. The molecule has 0 saturated heterocycles. The lowest BCUT2D eigenvalue weighted by Gasteiger charge is -2.27. The monoisotopic (exact) mass is 325 g/mol. The summed E-state index contributed by atoms with van der Waals surface area (Å²) in [5.41, 5.74) is 0.831. The van der Waals surface area contributed by atoms with E-state index in [1.807, 2.05) is 0 Å². The summed E-state index contributed by atoms with van der Waals surface area (Å²) in [4.78, 5) is 16.6. The second kappa shape index (κ2) is 8.63. The number of nitrogens with zero attached hydrogens (tertiary/aromatic N) is 1. The number of methoxy groups -OCH3 is 1. The molecule has 1 N–H and O–H groups in total. The Bertz CT molecular complexity index is 478. The molecule has 1 saturated carbocycles. The summed E-state index contributed by atoms with van der Waals surface area (Å²) in [7, 11) is 1.66. The second-order valence-corrected chi connectivity index (χ2v) is 7.31. The molecule has 1 aromatic heterocycles. The normalized spacial score (nSPS) is 21.9. The first-order valence-corrected chi connectivity index (χ1v) is 9.19. The van der Waals surface area contributed by atoms with Crippen LogP contribution in [0, 0.1) is 5.92 Å². The fourth-order valence-corrected chi connectivity index (χ4v) is 4.29. The maximum absolute atomic E-state index is 11.5. The highest BCUT2D eigenvalue weighted by molar-refractivity contribution is 7.13. The maximum atomic E-state index is 11.5. The molecule has 0 unspecified atom stereocenters. The van der Waals surface area contributed by atoms with Gasteiger partial charge in [0.1, 0.15) is 4.88 Å². The first kappa shape index (κ1) is 17.4. The number of hydrogen-bond donors (Lipinski definition) is 1. The van der Waals surface area contributed by atoms with E-state index in [4.69, 9.17) is 4.74 Å². The van der Waals surface area contributed by atoms with Crippen LogP contribution in [0.15, 0.2) is 0 Å². The van der Waals surface area contributed by atoms with E-state index in [0.29, 0.717) is 23.8 Å². The highest BCUT2D eigenvalue weighted by atomic mass is 32.1. The number of unbranched alkanes of at least 4 members (excludes halogenated alkanes) is 1. The van der Waals surface area contributed by atoms with Crippen LogP contribution in [0.5, 0.6) is 0 Å². The summed E-state index contributed by atoms with van der Waals surface area (Å²) in [5, 5.41) is 10.3. The van der Waals surface area contributed by atoms with E-state index in [1.165, 1.54) is 43.4 Å². The zero-order chi connectivity index (χ0) is 15.9. The van der Waals surface area contributed by atoms with Crippen LogP contribution >= 0.6 is 11.3 Å². The third-order valence-electron chi connectivity index (χ3n) is 4.61. The minimum absolute atomic E-state index is 0.330. The number of carboxylic acids is 1. The lowest BCUT2D eigenvalue weighted by molar-refractivity contribution is 0.0699. The fraction of sp³-hybridized carbons (Fsp3) is 0.765. The number of carbonyl (C=O) groups is 1. The fourth-order valence-electron chi connectivity index (χ4n) is 3.32. The van der Waals surface area contributed by atoms with Crippen molar-refractivity contribution in [1.29, 1.82) is 0 Å². The van der Waals surface area contributed by atoms with E-state index in [9.17, 15) is 9.90 Å². The van der Waals surface area contributed by atoms with Gasteiger partial charge in [-0.15, -0.1) is 11.3 Å². The van der Waals surface area contributed by atoms with Crippen molar-refractivity contribution in [3.8, 4) is 0 Å². The van der Waals surface area contributed by atoms with E-state index in [0.717, 1.165) is 29.5 Å². The number of carboxylic acid groups (broad SMARTS) is 1. The smallest absolute Gasteiger partial charge is 0.347 e. The van der Waals surface area contributed by atoms with Crippen molar-refractivity contribution in [2.75, 3.05) is 13.7 Å². The summed E-state index contributed by atoms with van der Waals surface area (Å²) < 4.78 is 5.07. The van der Waals surface area contributed by atoms with Gasteiger partial charge in [-0.25, -0.2) is 9.78 Å². The number of thiazole rings is 1. The zero-order valence-electron chi connectivity index (χ0n) is 13.6. The Morgan fingerprint density at radius 1 is 1.36 bits per heavy atom. The molecule has 1 aliphatic carbocycles. The molecule has 1 aromatic rings. The van der Waals surface area contributed by atoms with Crippen LogP contribution < -0.4 is 0 Å². The molecule has 0 spiro atoms. The molecule has 2 rings (SSSR count). The van der Waals surface area contributed by atoms with Gasteiger partial charge in [0, 0.05) is 19.4 Å². The number of hydrogen-bond acceptors (Lipinski definition) is 4. The van der Waals surface area contributed by atoms with Crippen LogP contribution in [0.1, 0.15) is 78.2 Å². The van der Waals surface area contributed by atoms with Crippen molar-refractivity contribution in [1.82, 2.24) is 4.98 Å². The average molecular weight is 325 g/mol. The van der Waals surface area contributed by atoms with Gasteiger partial charge in [0.05, 0.1) is 17.3 Å². The largest absolute Gasteiger partial charge is 0.477 e. The Hall–Kier alpha value is -0.940. The van der Waals surface area contributed by atoms with Gasteiger partial charge < -0.3 is 9.84 Å². The molecular weight excluding hydrogens is 298 g/mol. The molecule has 1 aliphatic rings. The van der Waals surface area contributed by atoms with Crippen LogP contribution in [-0.4, -0.2) is 29.8 Å². The van der Waals surface area contributed by atoms with Gasteiger partial charge in [-0.2, -0.15) is 0 Å². The molecule has 0 amide bonds. The highest BCUT2D eigenvalue weighted by Gasteiger charge is 2.28. The Labute approximate surface area is 136 Å². The van der Waals surface area contributed by atoms with Gasteiger partial charge >= 0.3 is 5.97 Å². The van der Waals surface area contributed by atoms with E-state index < -0.39 is 5.97 Å². The molecule has 0 aliphatic heterocycles. The zero-order valence-corrected chi connectivity index (χ0v) is 14.5. The van der Waals surface area contributed by atoms with Crippen LogP contribution in [0.3, 0.4) is 0 Å². The van der Waals surface area contributed by atoms with Gasteiger partial charge in [-0.1, -0.05) is 26.2 Å². The van der Waals surface area contributed by atoms with E-state index >= 15 is 0 Å². The Morgan fingerprint density at radius 2 is 2.09 bits per heavy atom. The van der Waals surface area contributed by atoms with Gasteiger partial charge in [-0.3, -0.25) is 0 Å². The number of aromatic carboxylic acids is 1. The number of aromatic nitrogens is 1. The predicted molar refractivity (Wildman–Crippen MR) is 88.9 cm³/mol. The van der Waals surface area contributed by atoms with Crippen LogP contribution in [-0.2, 0) is 11.2 Å². The first-order chi connectivity index (χ1) is 10.7. The van der Waals surface area contributed by atoms with E-state index in [2.05, 4.69) is 11.9 Å². The lowest BCUT2D eigenvalue weighted by atomic mass is 9.78. The Balaban J connectivity index is 2.02. The Morgan fingerprint density at radius 3 is 2.68 bits per heavy atom. The molecule has 22 heavy (non-hydrogen) atoms. The predicted octanol–water partition coefficient (Wildman–Crippen LogP) is 4.49. The second-order valence-electron chi connectivity index (χ2n) is 6.23. The third-order valence-corrected chi connectivity index (χ3v) is 5.73. The third kappa shape index (κ3) is 4.53. The standard InChI is InChI=1S/C17H27NO3S/c1-3-4-5-12-6-8-13(9-7-12)15-16(17(19)20)22-14(18-15)10-11-21-2/h12-13H,3-11H2,1-2H3,(H,19,20). The molecule has 5 heteroatoms. The van der Waals surface area contributed by atoms with Crippen molar-refractivity contribution >= 4 is 17.3 Å². The van der Waals surface area contributed by atoms with E-state index in [1.54, 1.807) is 7.11 Å². The molecule has 0 bridgehead atoms. The summed E-state index contributed by atoms with van der Waals surface area (Å²) in [6.07, 6.45) is 9.21. The van der Waals surface area contributed by atoms with E-state index in [-0.39, 0.29) is 0 Å². The number of ether oxygens (including phenoxy) is 1. The van der Waals surface area contributed by atoms with Gasteiger partial charge in [0.25, 0.3) is 0 Å². The van der Waals surface area contributed by atoms with Gasteiger partial charge in [0.2, 0.25) is 0 Å². The molecule has 1 fully saturated rings. The van der Waals surface area contributed by atoms with Gasteiger partial charge in [-0.05, 0) is 31.6 Å². The van der Waals surface area contributed by atoms with Crippen molar-refractivity contribution < 1.29 is 14.6 Å². The van der Waals surface area contributed by atoms with Crippen molar-refractivity contribution in [2.24, 2.45) is 5.92 Å².